The van der Waals surface area contributed by atoms with Crippen LogP contribution in [0.1, 0.15) is 16.3 Å². The van der Waals surface area contributed by atoms with Crippen LogP contribution >= 0.6 is 11.6 Å². The topological polar surface area (TPSA) is 64.3 Å². The van der Waals surface area contributed by atoms with Crippen LogP contribution in [0, 0.1) is 0 Å². The first-order valence-electron chi connectivity index (χ1n) is 3.76. The molecule has 1 aromatic rings. The summed E-state index contributed by atoms with van der Waals surface area (Å²) in [6.07, 6.45) is 0. The van der Waals surface area contributed by atoms with Gasteiger partial charge in [-0.05, 0) is 0 Å². The fourth-order valence-corrected chi connectivity index (χ4v) is 1.62. The third-order valence-electron chi connectivity index (χ3n) is 1.90. The van der Waals surface area contributed by atoms with Crippen molar-refractivity contribution in [1.82, 2.24) is 9.55 Å². The Hall–Kier alpha value is -1.07. The summed E-state index contributed by atoms with van der Waals surface area (Å²) in [6, 6.07) is 0. The van der Waals surface area contributed by atoms with Gasteiger partial charge >= 0.3 is 5.97 Å². The van der Waals surface area contributed by atoms with Gasteiger partial charge in [-0.25, -0.2) is 9.78 Å². The molecule has 6 heteroatoms. The normalized spacial score (nSPS) is 15.5. The second-order valence-electron chi connectivity index (χ2n) is 2.68. The van der Waals surface area contributed by atoms with Crippen molar-refractivity contribution < 1.29 is 14.6 Å². The van der Waals surface area contributed by atoms with Gasteiger partial charge in [0.15, 0.2) is 10.8 Å². The molecule has 2 rings (SSSR count). The fourth-order valence-electron chi connectivity index (χ4n) is 1.34. The number of ether oxygens (including phenoxy) is 1. The molecule has 5 nitrogen and oxygen atoms in total. The number of halogens is 1. The molecule has 0 radical (unpaired) electrons. The second kappa shape index (κ2) is 3.01. The number of hydrogen-bond acceptors (Lipinski definition) is 3. The number of hydrogen-bond donors (Lipinski definition) is 1. The minimum atomic E-state index is -1.05. The van der Waals surface area contributed by atoms with E-state index >= 15 is 0 Å². The maximum Gasteiger partial charge on any atom is 0.355 e. The molecule has 0 atom stereocenters. The maximum atomic E-state index is 10.8. The molecule has 0 spiro atoms. The van der Waals surface area contributed by atoms with Crippen molar-refractivity contribution in [1.29, 1.82) is 0 Å². The van der Waals surface area contributed by atoms with Crippen LogP contribution in [0.15, 0.2) is 0 Å². The summed E-state index contributed by atoms with van der Waals surface area (Å²) in [5, 5.41) is 8.86. The monoisotopic (exact) mass is 202 g/mol. The van der Waals surface area contributed by atoms with Crippen molar-refractivity contribution in [3.63, 3.8) is 0 Å². The lowest BCUT2D eigenvalue weighted by molar-refractivity contribution is 0.0642. The lowest BCUT2D eigenvalue weighted by atomic mass is 10.4. The molecule has 0 unspecified atom stereocenters. The van der Waals surface area contributed by atoms with Gasteiger partial charge in [-0.3, -0.25) is 0 Å². The number of rotatable bonds is 1. The van der Waals surface area contributed by atoms with E-state index in [-0.39, 0.29) is 10.8 Å². The van der Waals surface area contributed by atoms with Gasteiger partial charge in [0.25, 0.3) is 0 Å². The third kappa shape index (κ3) is 1.30. The molecule has 0 saturated carbocycles. The lowest BCUT2D eigenvalue weighted by Crippen LogP contribution is -2.20. The van der Waals surface area contributed by atoms with E-state index in [4.69, 9.17) is 21.4 Å². The van der Waals surface area contributed by atoms with Gasteiger partial charge < -0.3 is 14.4 Å². The van der Waals surface area contributed by atoms with Crippen molar-refractivity contribution in [2.24, 2.45) is 0 Å². The van der Waals surface area contributed by atoms with Crippen LogP contribution in [0.2, 0.25) is 5.15 Å². The highest BCUT2D eigenvalue weighted by Gasteiger charge is 2.23. The smallest absolute Gasteiger partial charge is 0.355 e. The predicted octanol–water partition coefficient (Wildman–Crippen LogP) is 0.765. The molecule has 0 saturated heterocycles. The Morgan fingerprint density at radius 2 is 2.46 bits per heavy atom. The Bertz CT molecular complexity index is 361. The largest absolute Gasteiger partial charge is 0.476 e. The standard InChI is InChI=1S/C7H7ClN2O3/c8-6-5(7(11)12)10-1-2-13-3-4(10)9-6/h1-3H2,(H,11,12). The molecule has 0 aliphatic carbocycles. The summed E-state index contributed by atoms with van der Waals surface area (Å²) in [6.45, 7) is 1.32. The zero-order chi connectivity index (χ0) is 9.42. The van der Waals surface area contributed by atoms with Crippen molar-refractivity contribution in [2.75, 3.05) is 6.61 Å². The summed E-state index contributed by atoms with van der Waals surface area (Å²) in [7, 11) is 0. The number of carboxylic acids is 1. The number of nitrogens with zero attached hydrogens (tertiary/aromatic N) is 2. The van der Waals surface area contributed by atoms with Crippen LogP contribution in [0.4, 0.5) is 0 Å². The van der Waals surface area contributed by atoms with Gasteiger partial charge in [-0.1, -0.05) is 11.6 Å². The predicted molar refractivity (Wildman–Crippen MR) is 43.9 cm³/mol. The molecule has 2 heterocycles. The lowest BCUT2D eigenvalue weighted by Gasteiger charge is -2.14. The molecule has 1 N–H and O–H groups in total. The minimum absolute atomic E-state index is 0.0352. The average molecular weight is 203 g/mol. The van der Waals surface area contributed by atoms with Gasteiger partial charge in [0.1, 0.15) is 12.4 Å². The van der Waals surface area contributed by atoms with Crippen LogP contribution in [0.25, 0.3) is 0 Å². The van der Waals surface area contributed by atoms with Crippen LogP contribution < -0.4 is 0 Å². The molecule has 1 aliphatic heterocycles. The van der Waals surface area contributed by atoms with Gasteiger partial charge in [-0.2, -0.15) is 0 Å². The molecule has 1 aromatic heterocycles. The van der Waals surface area contributed by atoms with Crippen molar-refractivity contribution in [3.05, 3.63) is 16.7 Å². The third-order valence-corrected chi connectivity index (χ3v) is 2.16. The van der Waals surface area contributed by atoms with Crippen LogP contribution in [-0.4, -0.2) is 27.2 Å². The average Bonchev–Trinajstić information content (AvgIpc) is 2.39. The molecule has 0 fully saturated rings. The Labute approximate surface area is 78.9 Å². The number of imidazole rings is 1. The van der Waals surface area contributed by atoms with E-state index in [1.165, 1.54) is 0 Å². The molecule has 0 aromatic carbocycles. The van der Waals surface area contributed by atoms with Crippen molar-refractivity contribution in [3.8, 4) is 0 Å². The molecular weight excluding hydrogens is 196 g/mol. The number of fused-ring (bicyclic) bond motifs is 1. The van der Waals surface area contributed by atoms with Gasteiger partial charge in [0, 0.05) is 6.54 Å². The summed E-state index contributed by atoms with van der Waals surface area (Å²) < 4.78 is 6.69. The number of carbonyl (C=O) groups is 1. The van der Waals surface area contributed by atoms with E-state index in [1.54, 1.807) is 4.57 Å². The quantitative estimate of drug-likeness (QED) is 0.731. The molecule has 70 valence electrons. The molecule has 0 amide bonds. The Balaban J connectivity index is 2.54. The second-order valence-corrected chi connectivity index (χ2v) is 3.03. The van der Waals surface area contributed by atoms with Gasteiger partial charge in [0.2, 0.25) is 0 Å². The highest BCUT2D eigenvalue weighted by molar-refractivity contribution is 6.32. The number of carboxylic acid groups (broad SMARTS) is 1. The summed E-state index contributed by atoms with van der Waals surface area (Å²) in [5.74, 6) is -0.473. The van der Waals surface area contributed by atoms with E-state index in [9.17, 15) is 4.79 Å². The summed E-state index contributed by atoms with van der Waals surface area (Å²) >= 11 is 5.66. The highest BCUT2D eigenvalue weighted by Crippen LogP contribution is 2.20. The van der Waals surface area contributed by atoms with E-state index in [0.29, 0.717) is 25.6 Å². The van der Waals surface area contributed by atoms with Crippen LogP contribution in [0.5, 0.6) is 0 Å². The minimum Gasteiger partial charge on any atom is -0.476 e. The van der Waals surface area contributed by atoms with E-state index in [1.807, 2.05) is 0 Å². The zero-order valence-corrected chi connectivity index (χ0v) is 7.41. The van der Waals surface area contributed by atoms with Gasteiger partial charge in [-0.15, -0.1) is 0 Å². The molecule has 1 aliphatic rings. The van der Waals surface area contributed by atoms with E-state index < -0.39 is 5.97 Å². The maximum absolute atomic E-state index is 10.8. The summed E-state index contributed by atoms with van der Waals surface area (Å²) in [5.41, 5.74) is 0.0555. The number of aromatic nitrogens is 2. The Kier molecular flexibility index (Phi) is 1.97. The molecule has 13 heavy (non-hydrogen) atoms. The van der Waals surface area contributed by atoms with Crippen molar-refractivity contribution in [2.45, 2.75) is 13.2 Å². The zero-order valence-electron chi connectivity index (χ0n) is 6.66. The van der Waals surface area contributed by atoms with E-state index in [2.05, 4.69) is 4.98 Å². The highest BCUT2D eigenvalue weighted by atomic mass is 35.5. The first kappa shape index (κ1) is 8.52. The SMILES string of the molecule is O=C(O)c1c(Cl)nc2n1CCOC2. The first-order valence-corrected chi connectivity index (χ1v) is 4.14. The Morgan fingerprint density at radius 3 is 3.15 bits per heavy atom. The molecular formula is C7H7ClN2O3. The summed E-state index contributed by atoms with van der Waals surface area (Å²) in [4.78, 5) is 14.7. The Morgan fingerprint density at radius 1 is 1.69 bits per heavy atom. The first-order chi connectivity index (χ1) is 6.20. The number of aromatic carboxylic acids is 1. The van der Waals surface area contributed by atoms with Crippen LogP contribution in [-0.2, 0) is 17.9 Å². The van der Waals surface area contributed by atoms with Crippen LogP contribution in [0.3, 0.4) is 0 Å². The van der Waals surface area contributed by atoms with Crippen molar-refractivity contribution >= 4 is 17.6 Å². The van der Waals surface area contributed by atoms with E-state index in [0.717, 1.165) is 0 Å². The van der Waals surface area contributed by atoms with Gasteiger partial charge in [0.05, 0.1) is 6.61 Å². The fraction of sp³-hybridized carbons (Fsp3) is 0.429. The molecule has 0 bridgehead atoms.